The number of rotatable bonds is 3. The molecule has 1 aliphatic heterocycles. The Morgan fingerprint density at radius 2 is 2.19 bits per heavy atom. The van der Waals surface area contributed by atoms with E-state index in [1.54, 1.807) is 11.3 Å². The van der Waals surface area contributed by atoms with E-state index in [1.807, 2.05) is 11.7 Å². The van der Waals surface area contributed by atoms with E-state index in [4.69, 9.17) is 0 Å². The summed E-state index contributed by atoms with van der Waals surface area (Å²) in [6, 6.07) is 0.522. The summed E-state index contributed by atoms with van der Waals surface area (Å²) in [7, 11) is 2.07. The van der Waals surface area contributed by atoms with E-state index in [-0.39, 0.29) is 0 Å². The SMILES string of the molecule is CNC1(C)CCN(C(C)c2cncs2)CC1. The van der Waals surface area contributed by atoms with Gasteiger partial charge in [-0.05, 0) is 33.7 Å². The molecule has 1 atom stereocenters. The maximum absolute atomic E-state index is 4.16. The fourth-order valence-corrected chi connectivity index (χ4v) is 2.98. The van der Waals surface area contributed by atoms with Gasteiger partial charge in [0.05, 0.1) is 5.51 Å². The monoisotopic (exact) mass is 239 g/mol. The molecule has 0 bridgehead atoms. The first-order valence-electron chi connectivity index (χ1n) is 5.96. The highest BCUT2D eigenvalue weighted by atomic mass is 32.1. The van der Waals surface area contributed by atoms with E-state index in [0.29, 0.717) is 11.6 Å². The Morgan fingerprint density at radius 1 is 1.50 bits per heavy atom. The number of likely N-dealkylation sites (tertiary alicyclic amines) is 1. The molecule has 1 aromatic heterocycles. The lowest BCUT2D eigenvalue weighted by Gasteiger charge is -2.41. The van der Waals surface area contributed by atoms with Crippen molar-refractivity contribution in [2.45, 2.75) is 38.3 Å². The molecule has 2 rings (SSSR count). The van der Waals surface area contributed by atoms with Gasteiger partial charge >= 0.3 is 0 Å². The molecule has 16 heavy (non-hydrogen) atoms. The fourth-order valence-electron chi connectivity index (χ4n) is 2.27. The molecule has 0 spiro atoms. The van der Waals surface area contributed by atoms with Crippen molar-refractivity contribution in [3.63, 3.8) is 0 Å². The maximum atomic E-state index is 4.16. The number of thiazole rings is 1. The Balaban J connectivity index is 1.94. The molecule has 0 radical (unpaired) electrons. The van der Waals surface area contributed by atoms with Crippen LogP contribution < -0.4 is 5.32 Å². The van der Waals surface area contributed by atoms with Crippen LogP contribution in [0.2, 0.25) is 0 Å². The number of aromatic nitrogens is 1. The summed E-state index contributed by atoms with van der Waals surface area (Å²) in [6.45, 7) is 6.96. The van der Waals surface area contributed by atoms with Crippen LogP contribution in [0.5, 0.6) is 0 Å². The van der Waals surface area contributed by atoms with Crippen molar-refractivity contribution in [3.05, 3.63) is 16.6 Å². The normalized spacial score (nSPS) is 23.2. The molecule has 0 aromatic carbocycles. The highest BCUT2D eigenvalue weighted by Gasteiger charge is 2.30. The van der Waals surface area contributed by atoms with Gasteiger partial charge < -0.3 is 5.32 Å². The van der Waals surface area contributed by atoms with Gasteiger partial charge in [-0.25, -0.2) is 0 Å². The van der Waals surface area contributed by atoms with Gasteiger partial charge in [0.15, 0.2) is 0 Å². The van der Waals surface area contributed by atoms with Crippen molar-refractivity contribution in [2.24, 2.45) is 0 Å². The molecule has 0 aliphatic carbocycles. The van der Waals surface area contributed by atoms with Crippen LogP contribution in [0.25, 0.3) is 0 Å². The van der Waals surface area contributed by atoms with Gasteiger partial charge in [0.25, 0.3) is 0 Å². The molecule has 1 N–H and O–H groups in total. The third kappa shape index (κ3) is 2.44. The van der Waals surface area contributed by atoms with Gasteiger partial charge in [0, 0.05) is 35.7 Å². The zero-order valence-electron chi connectivity index (χ0n) is 10.4. The van der Waals surface area contributed by atoms with Crippen LogP contribution in [0.4, 0.5) is 0 Å². The minimum absolute atomic E-state index is 0.337. The third-order valence-corrected chi connectivity index (χ3v) is 4.86. The predicted octanol–water partition coefficient (Wildman–Crippen LogP) is 2.28. The van der Waals surface area contributed by atoms with Crippen LogP contribution in [0, 0.1) is 0 Å². The summed E-state index contributed by atoms with van der Waals surface area (Å²) in [6.07, 6.45) is 4.46. The first-order chi connectivity index (χ1) is 7.64. The molecule has 1 saturated heterocycles. The highest BCUT2D eigenvalue weighted by molar-refractivity contribution is 7.09. The molecule has 1 fully saturated rings. The zero-order chi connectivity index (χ0) is 11.6. The smallest absolute Gasteiger partial charge is 0.0794 e. The molecule has 90 valence electrons. The Hall–Kier alpha value is -0.450. The topological polar surface area (TPSA) is 28.2 Å². The lowest BCUT2D eigenvalue weighted by Crippen LogP contribution is -2.50. The van der Waals surface area contributed by atoms with E-state index in [9.17, 15) is 0 Å². The van der Waals surface area contributed by atoms with Crippen LogP contribution in [0.1, 0.15) is 37.6 Å². The Labute approximate surface area is 102 Å². The average Bonchev–Trinajstić information content (AvgIpc) is 2.83. The first kappa shape index (κ1) is 12.0. The number of hydrogen-bond acceptors (Lipinski definition) is 4. The van der Waals surface area contributed by atoms with E-state index < -0.39 is 0 Å². The van der Waals surface area contributed by atoms with Gasteiger partial charge in [-0.15, -0.1) is 11.3 Å². The van der Waals surface area contributed by atoms with Crippen molar-refractivity contribution >= 4 is 11.3 Å². The third-order valence-electron chi connectivity index (χ3n) is 3.92. The minimum Gasteiger partial charge on any atom is -0.314 e. The van der Waals surface area contributed by atoms with Crippen molar-refractivity contribution in [2.75, 3.05) is 20.1 Å². The van der Waals surface area contributed by atoms with Crippen molar-refractivity contribution in [3.8, 4) is 0 Å². The number of nitrogens with one attached hydrogen (secondary N) is 1. The standard InChI is InChI=1S/C12H21N3S/c1-10(11-8-14-9-16-11)15-6-4-12(2,13-3)5-7-15/h8-10,13H,4-7H2,1-3H3. The fraction of sp³-hybridized carbons (Fsp3) is 0.750. The quantitative estimate of drug-likeness (QED) is 0.877. The minimum atomic E-state index is 0.337. The summed E-state index contributed by atoms with van der Waals surface area (Å²) in [4.78, 5) is 8.11. The maximum Gasteiger partial charge on any atom is 0.0794 e. The lowest BCUT2D eigenvalue weighted by atomic mass is 9.89. The molecule has 2 heterocycles. The predicted molar refractivity (Wildman–Crippen MR) is 68.8 cm³/mol. The first-order valence-corrected chi connectivity index (χ1v) is 6.84. The van der Waals surface area contributed by atoms with Gasteiger partial charge in [0.1, 0.15) is 0 Å². The van der Waals surface area contributed by atoms with Crippen LogP contribution in [-0.2, 0) is 0 Å². The second kappa shape index (κ2) is 4.82. The van der Waals surface area contributed by atoms with E-state index in [2.05, 4.69) is 36.1 Å². The summed E-state index contributed by atoms with van der Waals surface area (Å²) < 4.78 is 0. The van der Waals surface area contributed by atoms with Gasteiger partial charge in [-0.3, -0.25) is 9.88 Å². The number of piperidine rings is 1. The Kier molecular flexibility index (Phi) is 3.62. The van der Waals surface area contributed by atoms with Gasteiger partial charge in [-0.1, -0.05) is 0 Å². The van der Waals surface area contributed by atoms with Crippen molar-refractivity contribution in [1.82, 2.24) is 15.2 Å². The van der Waals surface area contributed by atoms with Crippen LogP contribution in [-0.4, -0.2) is 35.6 Å². The van der Waals surface area contributed by atoms with E-state index in [0.717, 1.165) is 0 Å². The number of hydrogen-bond donors (Lipinski definition) is 1. The molecule has 1 unspecified atom stereocenters. The average molecular weight is 239 g/mol. The molecule has 0 saturated carbocycles. The summed E-state index contributed by atoms with van der Waals surface area (Å²) in [5.41, 5.74) is 2.26. The molecule has 1 aromatic rings. The Morgan fingerprint density at radius 3 is 2.69 bits per heavy atom. The van der Waals surface area contributed by atoms with Crippen LogP contribution >= 0.6 is 11.3 Å². The Bertz CT molecular complexity index is 315. The molecule has 1 aliphatic rings. The number of nitrogens with zero attached hydrogens (tertiary/aromatic N) is 2. The second-order valence-corrected chi connectivity index (χ2v) is 5.84. The van der Waals surface area contributed by atoms with Gasteiger partial charge in [-0.2, -0.15) is 0 Å². The van der Waals surface area contributed by atoms with Gasteiger partial charge in [0.2, 0.25) is 0 Å². The molecule has 0 amide bonds. The molecular weight excluding hydrogens is 218 g/mol. The molecule has 3 nitrogen and oxygen atoms in total. The second-order valence-electron chi connectivity index (χ2n) is 4.93. The van der Waals surface area contributed by atoms with Crippen molar-refractivity contribution in [1.29, 1.82) is 0 Å². The largest absolute Gasteiger partial charge is 0.314 e. The van der Waals surface area contributed by atoms with Crippen LogP contribution in [0.3, 0.4) is 0 Å². The summed E-state index contributed by atoms with van der Waals surface area (Å²) >= 11 is 1.76. The highest BCUT2D eigenvalue weighted by Crippen LogP contribution is 2.29. The van der Waals surface area contributed by atoms with Crippen molar-refractivity contribution < 1.29 is 0 Å². The molecule has 4 heteroatoms. The van der Waals surface area contributed by atoms with E-state index in [1.165, 1.54) is 30.8 Å². The zero-order valence-corrected chi connectivity index (χ0v) is 11.2. The molecular formula is C12H21N3S. The van der Waals surface area contributed by atoms with Crippen LogP contribution in [0.15, 0.2) is 11.7 Å². The summed E-state index contributed by atoms with van der Waals surface area (Å²) in [5, 5.41) is 3.44. The summed E-state index contributed by atoms with van der Waals surface area (Å²) in [5.74, 6) is 0. The van der Waals surface area contributed by atoms with E-state index >= 15 is 0 Å². The lowest BCUT2D eigenvalue weighted by molar-refractivity contribution is 0.119.